The molecule has 2 heterocycles. The molecule has 3 atom stereocenters. The first-order valence-corrected chi connectivity index (χ1v) is 16.4. The van der Waals surface area contributed by atoms with Gasteiger partial charge in [-0.15, -0.1) is 0 Å². The fraction of sp³-hybridized carbons (Fsp3) is 0.281. The minimum Gasteiger partial charge on any atom is -0.492 e. The number of halogens is 1. The molecule has 1 fully saturated rings. The normalized spacial score (nSPS) is 17.2. The largest absolute Gasteiger partial charge is 0.506 e. The van der Waals surface area contributed by atoms with Gasteiger partial charge in [-0.25, -0.2) is 18.2 Å². The van der Waals surface area contributed by atoms with E-state index in [1.54, 1.807) is 60.8 Å². The number of likely N-dealkylation sites (tertiary alicyclic amines) is 1. The maximum atomic E-state index is 14.7. The molecule has 5 rings (SSSR count). The Morgan fingerprint density at radius 3 is 2.64 bits per heavy atom. The van der Waals surface area contributed by atoms with E-state index in [-0.39, 0.29) is 29.2 Å². The van der Waals surface area contributed by atoms with E-state index in [2.05, 4.69) is 10.3 Å². The summed E-state index contributed by atoms with van der Waals surface area (Å²) >= 11 is 6.38. The summed E-state index contributed by atoms with van der Waals surface area (Å²) in [6, 6.07) is 16.5. The summed E-state index contributed by atoms with van der Waals surface area (Å²) in [5.41, 5.74) is 7.46. The Kier molecular flexibility index (Phi) is 9.35. The molecular weight excluding hydrogens is 620 g/mol. The van der Waals surface area contributed by atoms with E-state index in [0.717, 1.165) is 10.8 Å². The molecule has 1 aliphatic rings. The van der Waals surface area contributed by atoms with Crippen molar-refractivity contribution < 1.29 is 32.6 Å². The van der Waals surface area contributed by atoms with Crippen LogP contribution < -0.4 is 15.8 Å². The van der Waals surface area contributed by atoms with Crippen molar-refractivity contribution in [2.75, 3.05) is 30.0 Å². The van der Waals surface area contributed by atoms with Crippen LogP contribution in [0.3, 0.4) is 0 Å². The fourth-order valence-corrected chi connectivity index (χ4v) is 6.99. The van der Waals surface area contributed by atoms with E-state index in [1.807, 2.05) is 13.0 Å². The number of benzene rings is 3. The molecule has 0 aliphatic carbocycles. The zero-order valence-corrected chi connectivity index (χ0v) is 26.2. The van der Waals surface area contributed by atoms with Crippen LogP contribution in [0.1, 0.15) is 43.5 Å². The Labute approximate surface area is 265 Å². The van der Waals surface area contributed by atoms with Crippen LogP contribution in [0.15, 0.2) is 77.8 Å². The highest BCUT2D eigenvalue weighted by atomic mass is 35.5. The predicted molar refractivity (Wildman–Crippen MR) is 171 cm³/mol. The maximum absolute atomic E-state index is 14.7. The van der Waals surface area contributed by atoms with Gasteiger partial charge in [0.25, 0.3) is 0 Å². The zero-order valence-electron chi connectivity index (χ0n) is 24.6. The number of nitrogens with one attached hydrogen (secondary N) is 1. The smallest absolute Gasteiger partial charge is 0.492 e. The summed E-state index contributed by atoms with van der Waals surface area (Å²) in [5.74, 6) is 0.153. The second-order valence-corrected chi connectivity index (χ2v) is 13.1. The molecule has 1 amide bonds. The summed E-state index contributed by atoms with van der Waals surface area (Å²) < 4.78 is 37.2. The minimum atomic E-state index is -3.73. The van der Waals surface area contributed by atoms with Crippen LogP contribution in [-0.2, 0) is 19.4 Å². The highest BCUT2D eigenvalue weighted by Crippen LogP contribution is 2.41. The van der Waals surface area contributed by atoms with Crippen LogP contribution in [0.2, 0.25) is 5.02 Å². The summed E-state index contributed by atoms with van der Waals surface area (Å²) in [5, 5.41) is 14.8. The van der Waals surface area contributed by atoms with Crippen molar-refractivity contribution in [3.8, 4) is 5.75 Å². The van der Waals surface area contributed by atoms with Crippen LogP contribution in [0.25, 0.3) is 10.8 Å². The van der Waals surface area contributed by atoms with Crippen LogP contribution in [0, 0.1) is 0 Å². The van der Waals surface area contributed by atoms with E-state index in [4.69, 9.17) is 26.8 Å². The average Bonchev–Trinajstić information content (AvgIpc) is 3.43. The number of nitrogens with two attached hydrogens (primary N) is 1. The molecule has 1 aliphatic heterocycles. The van der Waals surface area contributed by atoms with Gasteiger partial charge in [0.2, 0.25) is 5.91 Å². The summed E-state index contributed by atoms with van der Waals surface area (Å²) in [7, 11) is -3.73. The molecule has 3 aromatic carbocycles. The number of fused-ring (bicyclic) bond motifs is 1. The number of aromatic nitrogens is 1. The van der Waals surface area contributed by atoms with Crippen molar-refractivity contribution in [3.63, 3.8) is 0 Å². The quantitative estimate of drug-likeness (QED) is 0.177. The van der Waals surface area contributed by atoms with Gasteiger partial charge in [-0.2, -0.15) is 0 Å². The van der Waals surface area contributed by atoms with Gasteiger partial charge in [0, 0.05) is 30.2 Å². The molecule has 4 aromatic rings. The van der Waals surface area contributed by atoms with Crippen LogP contribution >= 0.6 is 11.6 Å². The minimum absolute atomic E-state index is 0.0200. The first-order chi connectivity index (χ1) is 21.5. The fourth-order valence-electron chi connectivity index (χ4n) is 5.67. The number of ether oxygens (including phenoxy) is 2. The number of hydrogen-bond donors (Lipinski definition) is 3. The third kappa shape index (κ3) is 6.62. The third-order valence-corrected chi connectivity index (χ3v) is 9.89. The number of nitrogen functional groups attached to an aromatic ring is 1. The van der Waals surface area contributed by atoms with Gasteiger partial charge >= 0.3 is 6.16 Å². The molecule has 13 heteroatoms. The van der Waals surface area contributed by atoms with Crippen LogP contribution in [-0.4, -0.2) is 60.5 Å². The number of pyridine rings is 1. The monoisotopic (exact) mass is 652 g/mol. The molecule has 0 radical (unpaired) electrons. The Morgan fingerprint density at radius 1 is 1.13 bits per heavy atom. The average molecular weight is 653 g/mol. The van der Waals surface area contributed by atoms with Crippen molar-refractivity contribution >= 4 is 55.8 Å². The van der Waals surface area contributed by atoms with Crippen LogP contribution in [0.4, 0.5) is 16.3 Å². The van der Waals surface area contributed by atoms with E-state index >= 15 is 0 Å². The van der Waals surface area contributed by atoms with E-state index in [9.17, 15) is 23.1 Å². The van der Waals surface area contributed by atoms with Gasteiger partial charge in [0.1, 0.15) is 23.7 Å². The molecule has 0 saturated carbocycles. The van der Waals surface area contributed by atoms with Crippen molar-refractivity contribution in [1.29, 1.82) is 0 Å². The Balaban J connectivity index is 1.62. The number of anilines is 2. The molecule has 236 valence electrons. The van der Waals surface area contributed by atoms with Gasteiger partial charge in [0.15, 0.2) is 9.84 Å². The zero-order chi connectivity index (χ0) is 32.3. The molecule has 4 N–H and O–H groups in total. The standard InChI is InChI=1S/C32H33ClN4O7S/c1-3-43-26-18-20(9-12-24(26)33)28(36-21-10-11-22-19(17-21)13-15-35-30(22)34)31(38)37-16-14-25(44-32(39)40)29(37)23-7-5-6-8-27(23)45(41,42)4-2/h5-13,15,17-18,25,28-29,36H,3-4,14,16H2,1-2H3,(H2,34,35)(H,39,40)/t25-,28+,29+/m0/s1. The van der Waals surface area contributed by atoms with E-state index in [0.29, 0.717) is 34.4 Å². The van der Waals surface area contributed by atoms with E-state index in [1.165, 1.54) is 17.9 Å². The number of hydrogen-bond acceptors (Lipinski definition) is 9. The first kappa shape index (κ1) is 31.9. The topological polar surface area (TPSA) is 161 Å². The molecule has 1 saturated heterocycles. The Morgan fingerprint density at radius 2 is 1.91 bits per heavy atom. The van der Waals surface area contributed by atoms with Gasteiger partial charge in [-0.05, 0) is 65.9 Å². The molecule has 0 spiro atoms. The molecule has 0 unspecified atom stereocenters. The van der Waals surface area contributed by atoms with E-state index < -0.39 is 40.1 Å². The van der Waals surface area contributed by atoms with Crippen molar-refractivity contribution in [2.45, 2.75) is 43.4 Å². The second-order valence-electron chi connectivity index (χ2n) is 10.5. The van der Waals surface area contributed by atoms with Gasteiger partial charge in [-0.3, -0.25) is 4.79 Å². The molecule has 0 bridgehead atoms. The van der Waals surface area contributed by atoms with Crippen LogP contribution in [0.5, 0.6) is 5.75 Å². The lowest BCUT2D eigenvalue weighted by Gasteiger charge is -2.33. The molecule has 11 nitrogen and oxygen atoms in total. The highest BCUT2D eigenvalue weighted by molar-refractivity contribution is 7.91. The third-order valence-electron chi connectivity index (χ3n) is 7.77. The second kappa shape index (κ2) is 13.2. The SMILES string of the molecule is CCOc1cc([C@@H](Nc2ccc3c(N)nccc3c2)C(=O)N2CC[C@H](OC(=O)O)[C@H]2c2ccccc2S(=O)(=O)CC)ccc1Cl. The van der Waals surface area contributed by atoms with Gasteiger partial charge in [-0.1, -0.05) is 42.8 Å². The Hall–Kier alpha value is -4.55. The number of sulfone groups is 1. The number of rotatable bonds is 10. The lowest BCUT2D eigenvalue weighted by atomic mass is 9.99. The number of carbonyl (C=O) groups excluding carboxylic acids is 1. The number of nitrogens with zero attached hydrogens (tertiary/aromatic N) is 2. The summed E-state index contributed by atoms with van der Waals surface area (Å²) in [6.07, 6.45) is -0.755. The molecule has 45 heavy (non-hydrogen) atoms. The van der Waals surface area contributed by atoms with Crippen molar-refractivity contribution in [1.82, 2.24) is 9.88 Å². The van der Waals surface area contributed by atoms with Gasteiger partial charge < -0.3 is 30.5 Å². The number of carboxylic acid groups (broad SMARTS) is 1. The highest BCUT2D eigenvalue weighted by Gasteiger charge is 2.44. The number of carbonyl (C=O) groups is 2. The summed E-state index contributed by atoms with van der Waals surface area (Å²) in [6.45, 7) is 3.81. The molecular formula is C32H33ClN4O7S. The summed E-state index contributed by atoms with van der Waals surface area (Å²) in [4.78, 5) is 32.0. The van der Waals surface area contributed by atoms with Gasteiger partial charge in [0.05, 0.1) is 28.3 Å². The number of amides is 1. The predicted octanol–water partition coefficient (Wildman–Crippen LogP) is 5.85. The lowest BCUT2D eigenvalue weighted by molar-refractivity contribution is -0.134. The first-order valence-electron chi connectivity index (χ1n) is 14.4. The maximum Gasteiger partial charge on any atom is 0.506 e. The molecule has 1 aromatic heterocycles. The Bertz CT molecular complexity index is 1850. The van der Waals surface area contributed by atoms with Crippen molar-refractivity contribution in [3.05, 3.63) is 89.1 Å². The van der Waals surface area contributed by atoms with Crippen molar-refractivity contribution in [2.24, 2.45) is 0 Å². The lowest BCUT2D eigenvalue weighted by Crippen LogP contribution is -2.40.